The van der Waals surface area contributed by atoms with Gasteiger partial charge in [-0.2, -0.15) is 0 Å². The van der Waals surface area contributed by atoms with Gasteiger partial charge in [-0.1, -0.05) is 6.92 Å². The molecule has 0 atom stereocenters. The number of aryl methyl sites for hydroxylation is 1. The average molecular weight is 358 g/mol. The molecule has 0 radical (unpaired) electrons. The Hall–Kier alpha value is -2.67. The molecule has 25 heavy (non-hydrogen) atoms. The van der Waals surface area contributed by atoms with Gasteiger partial charge in [0.2, 0.25) is 0 Å². The van der Waals surface area contributed by atoms with Crippen LogP contribution in [0.4, 0.5) is 0 Å². The Morgan fingerprint density at radius 1 is 1.16 bits per heavy atom. The minimum Gasteiger partial charge on any atom is -0.496 e. The Morgan fingerprint density at radius 2 is 1.92 bits per heavy atom. The van der Waals surface area contributed by atoms with Crippen molar-refractivity contribution in [1.29, 1.82) is 0 Å². The Bertz CT molecular complexity index is 1120. The van der Waals surface area contributed by atoms with Crippen molar-refractivity contribution >= 4 is 20.6 Å². The van der Waals surface area contributed by atoms with E-state index in [0.717, 1.165) is 0 Å². The highest BCUT2D eigenvalue weighted by Gasteiger charge is 2.18. The van der Waals surface area contributed by atoms with E-state index in [9.17, 15) is 13.2 Å². The number of pyridine rings is 2. The Labute approximate surface area is 145 Å². The van der Waals surface area contributed by atoms with E-state index in [4.69, 9.17) is 4.74 Å². The van der Waals surface area contributed by atoms with Gasteiger partial charge in [0.05, 0.1) is 23.1 Å². The molecule has 0 bridgehead atoms. The zero-order valence-corrected chi connectivity index (χ0v) is 15.0. The smallest absolute Gasteiger partial charge is 0.259 e. The number of fused-ring (bicyclic) bond motifs is 1. The summed E-state index contributed by atoms with van der Waals surface area (Å²) in [6.07, 6.45) is 4.80. The zero-order chi connectivity index (χ0) is 18.2. The van der Waals surface area contributed by atoms with Gasteiger partial charge in [0.1, 0.15) is 5.75 Å². The maximum absolute atomic E-state index is 12.3. The third-order valence-corrected chi connectivity index (χ3v) is 5.92. The number of aromatic nitrogens is 2. The molecule has 6 nitrogen and oxygen atoms in total. The van der Waals surface area contributed by atoms with Gasteiger partial charge in [-0.15, -0.1) is 0 Å². The summed E-state index contributed by atoms with van der Waals surface area (Å²) in [5.74, 6) is 0.545. The minimum absolute atomic E-state index is 0.0106. The maximum Gasteiger partial charge on any atom is 0.259 e. The third-order valence-electron chi connectivity index (χ3n) is 4.19. The summed E-state index contributed by atoms with van der Waals surface area (Å²) in [6, 6.07) is 6.51. The molecule has 3 aromatic rings. The van der Waals surface area contributed by atoms with E-state index in [1.807, 2.05) is 0 Å². The molecule has 3 rings (SSSR count). The van der Waals surface area contributed by atoms with Crippen molar-refractivity contribution in [3.8, 4) is 16.9 Å². The van der Waals surface area contributed by atoms with Gasteiger partial charge in [0.25, 0.3) is 5.56 Å². The van der Waals surface area contributed by atoms with Crippen LogP contribution in [-0.4, -0.2) is 30.8 Å². The largest absolute Gasteiger partial charge is 0.496 e. The fraction of sp³-hybridized carbons (Fsp3) is 0.222. The van der Waals surface area contributed by atoms with Crippen LogP contribution in [0.15, 0.2) is 52.5 Å². The summed E-state index contributed by atoms with van der Waals surface area (Å²) in [5, 5.41) is 1.16. The van der Waals surface area contributed by atoms with Crippen LogP contribution < -0.4 is 10.3 Å². The lowest BCUT2D eigenvalue weighted by Gasteiger charge is -2.14. The van der Waals surface area contributed by atoms with Gasteiger partial charge in [-0.25, -0.2) is 8.42 Å². The molecule has 2 heterocycles. The molecule has 0 saturated heterocycles. The molecule has 1 aromatic carbocycles. The molecule has 0 aliphatic heterocycles. The van der Waals surface area contributed by atoms with Gasteiger partial charge in [0.15, 0.2) is 9.84 Å². The fourth-order valence-corrected chi connectivity index (χ4v) is 3.69. The summed E-state index contributed by atoms with van der Waals surface area (Å²) < 4.78 is 31.4. The molecule has 0 spiro atoms. The van der Waals surface area contributed by atoms with E-state index in [1.54, 1.807) is 44.6 Å². The van der Waals surface area contributed by atoms with Crippen LogP contribution >= 0.6 is 0 Å². The summed E-state index contributed by atoms with van der Waals surface area (Å²) in [5.41, 5.74) is 1.16. The quantitative estimate of drug-likeness (QED) is 0.716. The predicted octanol–water partition coefficient (Wildman–Crippen LogP) is 2.40. The average Bonchev–Trinajstić information content (AvgIpc) is 2.64. The van der Waals surface area contributed by atoms with Crippen molar-refractivity contribution in [2.24, 2.45) is 7.05 Å². The van der Waals surface area contributed by atoms with Gasteiger partial charge in [-0.05, 0) is 29.7 Å². The number of rotatable bonds is 4. The first kappa shape index (κ1) is 17.2. The minimum atomic E-state index is -3.36. The molecule has 0 amide bonds. The van der Waals surface area contributed by atoms with E-state index < -0.39 is 9.84 Å². The number of nitrogens with zero attached hydrogens (tertiary/aromatic N) is 2. The molecule has 0 fully saturated rings. The Morgan fingerprint density at radius 3 is 2.60 bits per heavy atom. The molecule has 7 heteroatoms. The fourth-order valence-electron chi connectivity index (χ4n) is 2.78. The molecule has 0 unspecified atom stereocenters. The second-order valence-corrected chi connectivity index (χ2v) is 7.92. The first-order chi connectivity index (χ1) is 11.9. The Kier molecular flexibility index (Phi) is 4.34. The van der Waals surface area contributed by atoms with Crippen molar-refractivity contribution in [2.75, 3.05) is 12.9 Å². The van der Waals surface area contributed by atoms with E-state index >= 15 is 0 Å². The van der Waals surface area contributed by atoms with E-state index in [1.165, 1.54) is 23.9 Å². The van der Waals surface area contributed by atoms with Crippen LogP contribution in [-0.2, 0) is 16.9 Å². The number of sulfone groups is 1. The highest BCUT2D eigenvalue weighted by molar-refractivity contribution is 7.91. The molecule has 2 aromatic heterocycles. The molecule has 0 N–H and O–H groups in total. The highest BCUT2D eigenvalue weighted by Crippen LogP contribution is 2.35. The lowest BCUT2D eigenvalue weighted by molar-refractivity contribution is 0.416. The second kappa shape index (κ2) is 6.33. The van der Waals surface area contributed by atoms with Crippen LogP contribution in [0.2, 0.25) is 0 Å². The monoisotopic (exact) mass is 358 g/mol. The summed E-state index contributed by atoms with van der Waals surface area (Å²) >= 11 is 0. The van der Waals surface area contributed by atoms with E-state index in [2.05, 4.69) is 4.98 Å². The maximum atomic E-state index is 12.3. The SMILES string of the molecule is CCS(=O)(=O)c1ccc(OC)c(-c2cn(C)c(=O)c3cnccc23)c1. The Balaban J connectivity index is 2.41. The van der Waals surface area contributed by atoms with E-state index in [-0.39, 0.29) is 16.2 Å². The van der Waals surface area contributed by atoms with Crippen molar-refractivity contribution in [3.63, 3.8) is 0 Å². The third kappa shape index (κ3) is 2.91. The standard InChI is InChI=1S/C18H18N2O4S/c1-4-25(22,23)12-5-6-17(24-3)14(9-12)16-11-20(2)18(21)15-10-19-8-7-13(15)16/h5-11H,4H2,1-3H3. The second-order valence-electron chi connectivity index (χ2n) is 5.65. The molecule has 0 aliphatic carbocycles. The van der Waals surface area contributed by atoms with Crippen molar-refractivity contribution in [1.82, 2.24) is 9.55 Å². The molecule has 0 aliphatic rings. The number of ether oxygens (including phenoxy) is 1. The summed E-state index contributed by atoms with van der Waals surface area (Å²) in [7, 11) is -0.185. The van der Waals surface area contributed by atoms with Crippen LogP contribution in [0.1, 0.15) is 6.92 Å². The van der Waals surface area contributed by atoms with Crippen LogP contribution in [0.25, 0.3) is 21.9 Å². The summed E-state index contributed by atoms with van der Waals surface area (Å²) in [4.78, 5) is 16.6. The topological polar surface area (TPSA) is 78.3 Å². The summed E-state index contributed by atoms with van der Waals surface area (Å²) in [6.45, 7) is 1.60. The molecular formula is C18H18N2O4S. The van der Waals surface area contributed by atoms with Gasteiger partial charge >= 0.3 is 0 Å². The van der Waals surface area contributed by atoms with Crippen LogP contribution in [0.3, 0.4) is 0 Å². The number of benzene rings is 1. The number of methoxy groups -OCH3 is 1. The van der Waals surface area contributed by atoms with Crippen LogP contribution in [0, 0.1) is 0 Å². The van der Waals surface area contributed by atoms with Gasteiger partial charge < -0.3 is 9.30 Å². The molecule has 130 valence electrons. The normalized spacial score (nSPS) is 11.6. The lowest BCUT2D eigenvalue weighted by Crippen LogP contribution is -2.16. The van der Waals surface area contributed by atoms with Crippen molar-refractivity contribution in [2.45, 2.75) is 11.8 Å². The lowest BCUT2D eigenvalue weighted by atomic mass is 10.0. The van der Waals surface area contributed by atoms with Crippen LogP contribution in [0.5, 0.6) is 5.75 Å². The van der Waals surface area contributed by atoms with Crippen molar-refractivity contribution < 1.29 is 13.2 Å². The molecular weight excluding hydrogens is 340 g/mol. The first-order valence-electron chi connectivity index (χ1n) is 7.73. The number of hydrogen-bond donors (Lipinski definition) is 0. The van der Waals surface area contributed by atoms with Gasteiger partial charge in [0, 0.05) is 36.8 Å². The van der Waals surface area contributed by atoms with Gasteiger partial charge in [-0.3, -0.25) is 9.78 Å². The first-order valence-corrected chi connectivity index (χ1v) is 9.38. The predicted molar refractivity (Wildman–Crippen MR) is 96.7 cm³/mol. The molecule has 0 saturated carbocycles. The number of hydrogen-bond acceptors (Lipinski definition) is 5. The zero-order valence-electron chi connectivity index (χ0n) is 14.2. The van der Waals surface area contributed by atoms with E-state index in [0.29, 0.717) is 27.6 Å². The highest BCUT2D eigenvalue weighted by atomic mass is 32.2. The van der Waals surface area contributed by atoms with Crippen molar-refractivity contribution in [3.05, 3.63) is 53.2 Å².